The highest BCUT2D eigenvalue weighted by Crippen LogP contribution is 2.40. The predicted octanol–water partition coefficient (Wildman–Crippen LogP) is 5.92. The summed E-state index contributed by atoms with van der Waals surface area (Å²) in [7, 11) is 0. The van der Waals surface area contributed by atoms with Crippen LogP contribution >= 0.6 is 11.6 Å². The number of quaternary nitrogens is 1. The summed E-state index contributed by atoms with van der Waals surface area (Å²) in [6.07, 6.45) is 0. The number of hydrogen-bond acceptors (Lipinski definition) is 0. The Balaban J connectivity index is 1.65. The van der Waals surface area contributed by atoms with Crippen LogP contribution in [-0.4, -0.2) is 11.5 Å². The summed E-state index contributed by atoms with van der Waals surface area (Å²) < 4.78 is 0. The lowest BCUT2D eigenvalue weighted by Gasteiger charge is -2.29. The quantitative estimate of drug-likeness (QED) is 0.407. The molecule has 2 nitrogen and oxygen atoms in total. The molecule has 152 valence electrons. The van der Waals surface area contributed by atoms with Gasteiger partial charge in [-0.05, 0) is 28.7 Å². The van der Waals surface area contributed by atoms with Crippen molar-refractivity contribution in [2.45, 2.75) is 38.1 Å². The van der Waals surface area contributed by atoms with Crippen LogP contribution in [0, 0.1) is 0 Å². The van der Waals surface area contributed by atoms with Gasteiger partial charge in [0.25, 0.3) is 0 Å². The van der Waals surface area contributed by atoms with Crippen LogP contribution in [0.15, 0.2) is 72.8 Å². The zero-order valence-corrected chi connectivity index (χ0v) is 18.5. The molecular formula is C27H28ClN2+. The number of para-hydroxylation sites is 1. The normalized spacial score (nSPS) is 19.1. The van der Waals surface area contributed by atoms with Crippen LogP contribution in [0.1, 0.15) is 60.7 Å². The molecule has 0 aliphatic carbocycles. The Morgan fingerprint density at radius 3 is 2.33 bits per heavy atom. The highest BCUT2D eigenvalue weighted by molar-refractivity contribution is 6.31. The molecule has 0 spiro atoms. The number of nitrogens with two attached hydrogens (primary N) is 1. The maximum atomic E-state index is 6.63. The summed E-state index contributed by atoms with van der Waals surface area (Å²) in [6, 6.07) is 26.3. The van der Waals surface area contributed by atoms with Gasteiger partial charge in [-0.3, -0.25) is 0 Å². The minimum atomic E-state index is 0.163. The molecule has 4 aromatic rings. The van der Waals surface area contributed by atoms with Gasteiger partial charge in [-0.2, -0.15) is 0 Å². The Labute approximate surface area is 183 Å². The van der Waals surface area contributed by atoms with Crippen molar-refractivity contribution in [1.29, 1.82) is 0 Å². The number of benzene rings is 3. The van der Waals surface area contributed by atoms with E-state index in [1.54, 1.807) is 0 Å². The molecule has 0 bridgehead atoms. The Kier molecular flexibility index (Phi) is 4.72. The molecule has 30 heavy (non-hydrogen) atoms. The highest BCUT2D eigenvalue weighted by atomic mass is 35.5. The van der Waals surface area contributed by atoms with Crippen molar-refractivity contribution in [1.82, 2.24) is 4.98 Å². The second-order valence-electron chi connectivity index (χ2n) is 9.39. The van der Waals surface area contributed by atoms with Gasteiger partial charge in [0.1, 0.15) is 0 Å². The van der Waals surface area contributed by atoms with Gasteiger partial charge in [0.2, 0.25) is 0 Å². The summed E-state index contributed by atoms with van der Waals surface area (Å²) >= 11 is 6.63. The van der Waals surface area contributed by atoms with Crippen molar-refractivity contribution in [3.63, 3.8) is 0 Å². The topological polar surface area (TPSA) is 32.4 Å². The van der Waals surface area contributed by atoms with E-state index >= 15 is 0 Å². The van der Waals surface area contributed by atoms with E-state index in [2.05, 4.69) is 91.7 Å². The van der Waals surface area contributed by atoms with E-state index in [0.29, 0.717) is 0 Å². The smallest absolute Gasteiger partial charge is 0.153 e. The molecule has 1 aliphatic rings. The maximum absolute atomic E-state index is 6.63. The fourth-order valence-corrected chi connectivity index (χ4v) is 5.11. The summed E-state index contributed by atoms with van der Waals surface area (Å²) in [5.74, 6) is 0.273. The number of nitrogens with one attached hydrogen (secondary N) is 1. The average Bonchev–Trinajstić information content (AvgIpc) is 3.13. The van der Waals surface area contributed by atoms with Crippen LogP contribution in [0.3, 0.4) is 0 Å². The first-order valence-electron chi connectivity index (χ1n) is 10.7. The van der Waals surface area contributed by atoms with Gasteiger partial charge >= 0.3 is 0 Å². The third-order valence-corrected chi connectivity index (χ3v) is 6.80. The Morgan fingerprint density at radius 2 is 1.60 bits per heavy atom. The molecule has 1 aliphatic heterocycles. The SMILES string of the molecule is CC(C)(C)c1ccc([C@H]2[NH2+]C[C@@H](c3ccccc3Cl)c3c2[nH]c2ccccc32)cc1. The maximum Gasteiger partial charge on any atom is 0.153 e. The van der Waals surface area contributed by atoms with Crippen LogP contribution in [0.4, 0.5) is 0 Å². The van der Waals surface area contributed by atoms with E-state index in [1.165, 1.54) is 38.9 Å². The minimum absolute atomic E-state index is 0.163. The van der Waals surface area contributed by atoms with E-state index in [0.717, 1.165) is 11.6 Å². The third kappa shape index (κ3) is 3.25. The van der Waals surface area contributed by atoms with Crippen molar-refractivity contribution in [2.75, 3.05) is 6.54 Å². The fraction of sp³-hybridized carbons (Fsp3) is 0.259. The molecule has 0 amide bonds. The number of aromatic nitrogens is 1. The standard InChI is InChI=1S/C27H27ClN2/c1-27(2,3)18-14-12-17(13-15-18)25-26-24(20-9-5-7-11-23(20)30-26)21(16-29-25)19-8-4-6-10-22(19)28/h4-15,21,25,29-30H,16H2,1-3H3/p+1/t21-,25+/m0/s1. The third-order valence-electron chi connectivity index (χ3n) is 6.46. The van der Waals surface area contributed by atoms with Crippen molar-refractivity contribution in [2.24, 2.45) is 0 Å². The zero-order valence-electron chi connectivity index (χ0n) is 17.7. The fourth-order valence-electron chi connectivity index (χ4n) is 4.85. The lowest BCUT2D eigenvalue weighted by atomic mass is 9.82. The molecule has 0 saturated heterocycles. The molecule has 2 heterocycles. The van der Waals surface area contributed by atoms with Crippen molar-refractivity contribution >= 4 is 22.5 Å². The number of H-pyrrole nitrogens is 1. The zero-order chi connectivity index (χ0) is 20.9. The van der Waals surface area contributed by atoms with Crippen molar-refractivity contribution in [3.05, 3.63) is 106 Å². The molecule has 0 saturated carbocycles. The summed E-state index contributed by atoms with van der Waals surface area (Å²) in [6.45, 7) is 7.76. The Hall–Kier alpha value is -2.55. The van der Waals surface area contributed by atoms with E-state index in [1.807, 2.05) is 12.1 Å². The first-order chi connectivity index (χ1) is 14.4. The summed E-state index contributed by atoms with van der Waals surface area (Å²) in [5.41, 5.74) is 7.98. The van der Waals surface area contributed by atoms with Gasteiger partial charge in [0, 0.05) is 27.1 Å². The van der Waals surface area contributed by atoms with E-state index < -0.39 is 0 Å². The van der Waals surface area contributed by atoms with Crippen molar-refractivity contribution in [3.8, 4) is 0 Å². The minimum Gasteiger partial charge on any atom is -0.353 e. The second kappa shape index (κ2) is 7.30. The van der Waals surface area contributed by atoms with Crippen LogP contribution in [0.25, 0.3) is 10.9 Å². The monoisotopic (exact) mass is 415 g/mol. The van der Waals surface area contributed by atoms with Gasteiger partial charge in [-0.1, -0.05) is 93.0 Å². The van der Waals surface area contributed by atoms with Crippen LogP contribution in [0.5, 0.6) is 0 Å². The number of halogens is 1. The second-order valence-corrected chi connectivity index (χ2v) is 9.80. The largest absolute Gasteiger partial charge is 0.353 e. The molecule has 3 aromatic carbocycles. The van der Waals surface area contributed by atoms with E-state index in [-0.39, 0.29) is 17.4 Å². The highest BCUT2D eigenvalue weighted by Gasteiger charge is 2.36. The van der Waals surface area contributed by atoms with Gasteiger partial charge in [-0.25, -0.2) is 0 Å². The first-order valence-corrected chi connectivity index (χ1v) is 11.1. The summed E-state index contributed by atoms with van der Waals surface area (Å²) in [4.78, 5) is 3.75. The van der Waals surface area contributed by atoms with Gasteiger partial charge < -0.3 is 10.3 Å². The van der Waals surface area contributed by atoms with Gasteiger partial charge in [-0.15, -0.1) is 0 Å². The lowest BCUT2D eigenvalue weighted by molar-refractivity contribution is -0.692. The molecule has 5 rings (SSSR count). The summed E-state index contributed by atoms with van der Waals surface area (Å²) in [5, 5.41) is 4.61. The Bertz CT molecular complexity index is 1200. The van der Waals surface area contributed by atoms with Gasteiger partial charge in [0.15, 0.2) is 6.04 Å². The number of aromatic amines is 1. The molecule has 3 N–H and O–H groups in total. The molecular weight excluding hydrogens is 388 g/mol. The lowest BCUT2D eigenvalue weighted by Crippen LogP contribution is -2.88. The van der Waals surface area contributed by atoms with Gasteiger partial charge in [0.05, 0.1) is 18.2 Å². The first kappa shape index (κ1) is 19.4. The number of hydrogen-bond donors (Lipinski definition) is 2. The molecule has 0 fully saturated rings. The molecule has 3 heteroatoms. The van der Waals surface area contributed by atoms with Crippen LogP contribution < -0.4 is 5.32 Å². The van der Waals surface area contributed by atoms with E-state index in [9.17, 15) is 0 Å². The average molecular weight is 416 g/mol. The van der Waals surface area contributed by atoms with Crippen LogP contribution in [0.2, 0.25) is 5.02 Å². The number of rotatable bonds is 2. The molecule has 0 radical (unpaired) electrons. The van der Waals surface area contributed by atoms with E-state index in [4.69, 9.17) is 11.6 Å². The molecule has 1 aromatic heterocycles. The molecule has 2 atom stereocenters. The molecule has 0 unspecified atom stereocenters. The van der Waals surface area contributed by atoms with Crippen LogP contribution in [-0.2, 0) is 5.41 Å². The van der Waals surface area contributed by atoms with Crippen molar-refractivity contribution < 1.29 is 5.32 Å². The number of fused-ring (bicyclic) bond motifs is 3. The predicted molar refractivity (Wildman–Crippen MR) is 125 cm³/mol. The Morgan fingerprint density at radius 1 is 0.900 bits per heavy atom.